The Balaban J connectivity index is 1.76. The fraction of sp³-hybridized carbons (Fsp3) is 0.118. The molecule has 2 amide bonds. The Morgan fingerprint density at radius 3 is 2.45 bits per heavy atom. The average molecular weight is 483 g/mol. The lowest BCUT2D eigenvalue weighted by molar-refractivity contribution is -0.384. The molecule has 0 radical (unpaired) electrons. The summed E-state index contributed by atoms with van der Waals surface area (Å²) in [6.45, 7) is -0.368. The van der Waals surface area contributed by atoms with Crippen molar-refractivity contribution in [2.75, 3.05) is 13.7 Å². The van der Waals surface area contributed by atoms with Gasteiger partial charge in [0.1, 0.15) is 11.5 Å². The number of halogens is 1. The summed E-state index contributed by atoms with van der Waals surface area (Å²) < 4.78 is 10.9. The number of nitro groups is 1. The Kier molecular flexibility index (Phi) is 7.86. The molecular weight excluding hydrogens is 468 g/mol. The quantitative estimate of drug-likeness (QED) is 0.323. The minimum atomic E-state index is -0.577. The number of non-ortho nitro benzene ring substituents is 1. The summed E-state index contributed by atoms with van der Waals surface area (Å²) in [6.07, 6.45) is 0. The molecule has 0 atom stereocenters. The summed E-state index contributed by atoms with van der Waals surface area (Å²) in [4.78, 5) is 34.0. The number of methoxy groups -OCH3 is 1. The molecule has 0 aliphatic heterocycles. The molecule has 29 heavy (non-hydrogen) atoms. The van der Waals surface area contributed by atoms with Crippen LogP contribution in [0.2, 0.25) is 0 Å². The number of amides is 2. The highest BCUT2D eigenvalue weighted by atomic mass is 79.9. The largest absolute Gasteiger partial charge is 0.496 e. The Morgan fingerprint density at radius 2 is 1.86 bits per heavy atom. The number of hydrogen-bond donors (Lipinski definition) is 3. The van der Waals surface area contributed by atoms with E-state index < -0.39 is 16.7 Å². The lowest BCUT2D eigenvalue weighted by Crippen LogP contribution is -2.49. The van der Waals surface area contributed by atoms with E-state index in [1.54, 1.807) is 18.2 Å². The molecule has 0 heterocycles. The first-order chi connectivity index (χ1) is 13.8. The highest BCUT2D eigenvalue weighted by molar-refractivity contribution is 9.10. The summed E-state index contributed by atoms with van der Waals surface area (Å²) in [5.41, 5.74) is 4.88. The molecule has 0 aromatic heterocycles. The Morgan fingerprint density at radius 1 is 1.17 bits per heavy atom. The minimum Gasteiger partial charge on any atom is -0.496 e. The number of carbonyl (C=O) groups excluding carboxylic acids is 2. The van der Waals surface area contributed by atoms with Crippen LogP contribution >= 0.6 is 28.1 Å². The van der Waals surface area contributed by atoms with Crippen molar-refractivity contribution in [2.24, 2.45) is 0 Å². The summed E-state index contributed by atoms with van der Waals surface area (Å²) in [7, 11) is 1.51. The third kappa shape index (κ3) is 6.69. The maximum Gasteiger partial charge on any atom is 0.276 e. The van der Waals surface area contributed by atoms with Gasteiger partial charge in [-0.1, -0.05) is 0 Å². The lowest BCUT2D eigenvalue weighted by atomic mass is 10.2. The molecular formula is C17H15BrN4O6S. The smallest absolute Gasteiger partial charge is 0.276 e. The molecule has 2 aromatic rings. The topological polar surface area (TPSA) is 132 Å². The van der Waals surface area contributed by atoms with E-state index in [0.717, 1.165) is 0 Å². The molecule has 3 N–H and O–H groups in total. The van der Waals surface area contributed by atoms with Gasteiger partial charge in [-0.25, -0.2) is 0 Å². The highest BCUT2D eigenvalue weighted by Gasteiger charge is 2.11. The van der Waals surface area contributed by atoms with Crippen molar-refractivity contribution in [3.05, 3.63) is 62.6 Å². The van der Waals surface area contributed by atoms with Crippen molar-refractivity contribution in [3.8, 4) is 11.5 Å². The van der Waals surface area contributed by atoms with E-state index in [1.165, 1.54) is 31.4 Å². The van der Waals surface area contributed by atoms with Gasteiger partial charge in [0.15, 0.2) is 11.7 Å². The highest BCUT2D eigenvalue weighted by Crippen LogP contribution is 2.25. The first-order valence-electron chi connectivity index (χ1n) is 7.91. The lowest BCUT2D eigenvalue weighted by Gasteiger charge is -2.12. The van der Waals surface area contributed by atoms with Crippen molar-refractivity contribution in [3.63, 3.8) is 0 Å². The summed E-state index contributed by atoms with van der Waals surface area (Å²) in [6, 6.07) is 9.99. The second kappa shape index (κ2) is 10.3. The molecule has 0 aliphatic rings. The fourth-order valence-electron chi connectivity index (χ4n) is 1.99. The first kappa shape index (κ1) is 22.0. The van der Waals surface area contributed by atoms with E-state index in [0.29, 0.717) is 15.8 Å². The number of nitrogens with zero attached hydrogens (tertiary/aromatic N) is 1. The van der Waals surface area contributed by atoms with Crippen LogP contribution in [0.1, 0.15) is 10.4 Å². The van der Waals surface area contributed by atoms with Crippen molar-refractivity contribution < 1.29 is 24.0 Å². The second-order valence-electron chi connectivity index (χ2n) is 5.35. The van der Waals surface area contributed by atoms with Crippen LogP contribution in [0.25, 0.3) is 0 Å². The van der Waals surface area contributed by atoms with Crippen LogP contribution in [-0.2, 0) is 4.79 Å². The standard InChI is InChI=1S/C17H15BrN4O6S/c1-27-14-7-2-10(8-13(14)18)16(24)19-17(29)21-20-15(23)9-28-12-5-3-11(4-6-12)22(25)26/h2-8H,9H2,1H3,(H,20,23)(H2,19,21,24,29). The molecule has 0 aliphatic carbocycles. The minimum absolute atomic E-state index is 0.0894. The number of ether oxygens (including phenoxy) is 2. The van der Waals surface area contributed by atoms with Gasteiger partial charge >= 0.3 is 0 Å². The molecule has 0 bridgehead atoms. The fourth-order valence-corrected chi connectivity index (χ4v) is 2.67. The number of hydrogen-bond acceptors (Lipinski definition) is 7. The number of rotatable bonds is 6. The molecule has 0 saturated heterocycles. The van der Waals surface area contributed by atoms with E-state index >= 15 is 0 Å². The maximum atomic E-state index is 12.2. The third-order valence-electron chi connectivity index (χ3n) is 3.37. The van der Waals surface area contributed by atoms with Crippen LogP contribution in [0.4, 0.5) is 5.69 Å². The predicted octanol–water partition coefficient (Wildman–Crippen LogP) is 2.08. The molecule has 0 unspecified atom stereocenters. The van der Waals surface area contributed by atoms with Gasteiger partial charge in [0.25, 0.3) is 17.5 Å². The van der Waals surface area contributed by atoms with Crippen LogP contribution < -0.4 is 25.6 Å². The van der Waals surface area contributed by atoms with E-state index in [-0.39, 0.29) is 23.2 Å². The maximum absolute atomic E-state index is 12.2. The van der Waals surface area contributed by atoms with Gasteiger partial charge in [0.05, 0.1) is 16.5 Å². The number of carbonyl (C=O) groups is 2. The van der Waals surface area contributed by atoms with Crippen LogP contribution in [0.3, 0.4) is 0 Å². The summed E-state index contributed by atoms with van der Waals surface area (Å²) in [5, 5.41) is 12.9. The zero-order valence-electron chi connectivity index (χ0n) is 14.9. The number of hydrazine groups is 1. The van der Waals surface area contributed by atoms with Crippen molar-refractivity contribution >= 4 is 50.8 Å². The number of benzene rings is 2. The Labute approximate surface area is 178 Å². The van der Waals surface area contributed by atoms with Crippen molar-refractivity contribution in [2.45, 2.75) is 0 Å². The number of nitrogens with one attached hydrogen (secondary N) is 3. The molecule has 2 rings (SSSR count). The van der Waals surface area contributed by atoms with Gasteiger partial charge in [-0.2, -0.15) is 0 Å². The molecule has 12 heteroatoms. The molecule has 0 saturated carbocycles. The van der Waals surface area contributed by atoms with Gasteiger partial charge < -0.3 is 9.47 Å². The van der Waals surface area contributed by atoms with Gasteiger partial charge in [0, 0.05) is 17.7 Å². The monoisotopic (exact) mass is 482 g/mol. The molecule has 152 valence electrons. The predicted molar refractivity (Wildman–Crippen MR) is 111 cm³/mol. The number of thiocarbonyl (C=S) groups is 1. The molecule has 2 aromatic carbocycles. The van der Waals surface area contributed by atoms with Crippen molar-refractivity contribution in [1.82, 2.24) is 16.2 Å². The van der Waals surface area contributed by atoms with Crippen LogP contribution in [0, 0.1) is 10.1 Å². The van der Waals surface area contributed by atoms with Crippen LogP contribution in [0.5, 0.6) is 11.5 Å². The van der Waals surface area contributed by atoms with Gasteiger partial charge in [-0.15, -0.1) is 0 Å². The first-order valence-corrected chi connectivity index (χ1v) is 9.11. The van der Waals surface area contributed by atoms with Crippen molar-refractivity contribution in [1.29, 1.82) is 0 Å². The van der Waals surface area contributed by atoms with E-state index in [4.69, 9.17) is 21.7 Å². The molecule has 10 nitrogen and oxygen atoms in total. The Bertz CT molecular complexity index is 938. The van der Waals surface area contributed by atoms with E-state index in [2.05, 4.69) is 32.1 Å². The summed E-state index contributed by atoms with van der Waals surface area (Å²) >= 11 is 8.23. The SMILES string of the molecule is COc1ccc(C(=O)NC(=S)NNC(=O)COc2ccc([N+](=O)[O-])cc2)cc1Br. The zero-order chi connectivity index (χ0) is 21.4. The second-order valence-corrected chi connectivity index (χ2v) is 6.61. The number of nitro benzene ring substituents is 1. The third-order valence-corrected chi connectivity index (χ3v) is 4.20. The normalized spacial score (nSPS) is 9.86. The van der Waals surface area contributed by atoms with Gasteiger partial charge in [0.2, 0.25) is 0 Å². The average Bonchev–Trinajstić information content (AvgIpc) is 2.70. The Hall–Kier alpha value is -3.25. The van der Waals surface area contributed by atoms with Gasteiger partial charge in [-0.05, 0) is 58.5 Å². The van der Waals surface area contributed by atoms with Crippen LogP contribution in [-0.4, -0.2) is 35.6 Å². The summed E-state index contributed by atoms with van der Waals surface area (Å²) in [5.74, 6) is -0.205. The van der Waals surface area contributed by atoms with Gasteiger partial charge in [-0.3, -0.25) is 35.9 Å². The molecule has 0 spiro atoms. The molecule has 0 fully saturated rings. The van der Waals surface area contributed by atoms with E-state index in [9.17, 15) is 19.7 Å². The zero-order valence-corrected chi connectivity index (χ0v) is 17.3. The van der Waals surface area contributed by atoms with E-state index in [1.807, 2.05) is 0 Å². The van der Waals surface area contributed by atoms with Crippen LogP contribution in [0.15, 0.2) is 46.9 Å².